The Kier molecular flexibility index (Phi) is 22.0. The van der Waals surface area contributed by atoms with Crippen LogP contribution in [0.4, 0.5) is 0 Å². The lowest BCUT2D eigenvalue weighted by atomic mass is 10.2. The van der Waals surface area contributed by atoms with Gasteiger partial charge in [0.05, 0.1) is 0 Å². The van der Waals surface area contributed by atoms with E-state index < -0.39 is 8.80 Å². The largest absolute Gasteiger partial charge is 0.529 e. The summed E-state index contributed by atoms with van der Waals surface area (Å²) in [5.41, 5.74) is 2.06. The van der Waals surface area contributed by atoms with E-state index in [2.05, 4.69) is 33.0 Å². The Morgan fingerprint density at radius 3 is 1.33 bits per heavy atom. The van der Waals surface area contributed by atoms with Crippen molar-refractivity contribution >= 4 is 8.80 Å². The summed E-state index contributed by atoms with van der Waals surface area (Å²) in [6, 6.07) is 0. The van der Waals surface area contributed by atoms with Crippen molar-refractivity contribution in [2.24, 2.45) is 0 Å². The van der Waals surface area contributed by atoms with Crippen LogP contribution in [0.1, 0.15) is 97.8 Å². The number of hydrogen-bond donors (Lipinski definition) is 0. The van der Waals surface area contributed by atoms with Gasteiger partial charge >= 0.3 is 8.80 Å². The molecule has 0 rings (SSSR count). The molecule has 0 aliphatic heterocycles. The van der Waals surface area contributed by atoms with Crippen molar-refractivity contribution < 1.29 is 13.3 Å². The molecular weight excluding hydrogens is 388 g/mol. The van der Waals surface area contributed by atoms with Gasteiger partial charge in [-0.15, -0.1) is 0 Å². The molecule has 0 aromatic heterocycles. The molecule has 4 heteroatoms. The predicted octanol–water partition coefficient (Wildman–Crippen LogP) is 8.11. The molecule has 0 fully saturated rings. The van der Waals surface area contributed by atoms with Gasteiger partial charge in [-0.2, -0.15) is 0 Å². The van der Waals surface area contributed by atoms with Crippen molar-refractivity contribution in [3.63, 3.8) is 0 Å². The van der Waals surface area contributed by atoms with E-state index in [4.69, 9.17) is 13.3 Å². The average Bonchev–Trinajstić information content (AvgIpc) is 2.75. The third-order valence-corrected chi connectivity index (χ3v) is 7.20. The van der Waals surface area contributed by atoms with Gasteiger partial charge in [-0.25, -0.2) is 0 Å². The minimum absolute atomic E-state index is 0.709. The number of rotatable bonds is 22. The summed E-state index contributed by atoms with van der Waals surface area (Å²) in [4.78, 5) is 0. The smallest absolute Gasteiger partial charge is 0.370 e. The van der Waals surface area contributed by atoms with Gasteiger partial charge < -0.3 is 13.3 Å². The molecule has 0 spiro atoms. The predicted molar refractivity (Wildman–Crippen MR) is 134 cm³/mol. The minimum atomic E-state index is -2.82. The average molecular weight is 437 g/mol. The lowest BCUT2D eigenvalue weighted by Gasteiger charge is -2.27. The molecule has 30 heavy (non-hydrogen) atoms. The standard InChI is InChI=1S/C26H48O3Si/c1-5-9-13-17-18-22-26-30(27-23-19-14-10-6-2,28-24-20-15-11-7-3)29-25-21-16-12-8-4/h5,9,13,17-18,22,26H,1,6-8,10-12,14-16,19-21,23-25H2,2-4H3. The Balaban J connectivity index is 5.02. The van der Waals surface area contributed by atoms with E-state index in [1.165, 1.54) is 57.8 Å². The zero-order chi connectivity index (χ0) is 22.2. The third-order valence-electron chi connectivity index (χ3n) is 4.78. The molecular formula is C26H48O3Si. The fourth-order valence-electron chi connectivity index (χ4n) is 2.94. The Bertz CT molecular complexity index is 421. The van der Waals surface area contributed by atoms with Crippen LogP contribution >= 0.6 is 0 Å². The molecule has 0 unspecified atom stereocenters. The molecule has 0 atom stereocenters. The maximum Gasteiger partial charge on any atom is 0.529 e. The van der Waals surface area contributed by atoms with Gasteiger partial charge in [0.1, 0.15) is 0 Å². The summed E-state index contributed by atoms with van der Waals surface area (Å²) >= 11 is 0. The third kappa shape index (κ3) is 17.9. The molecule has 0 amide bonds. The molecule has 0 saturated heterocycles. The molecule has 0 aliphatic rings. The minimum Gasteiger partial charge on any atom is -0.370 e. The highest BCUT2D eigenvalue weighted by Crippen LogP contribution is 2.17. The number of allylic oxidation sites excluding steroid dienone is 6. The van der Waals surface area contributed by atoms with Crippen molar-refractivity contribution in [3.8, 4) is 0 Å². The van der Waals surface area contributed by atoms with Crippen molar-refractivity contribution in [2.75, 3.05) is 19.8 Å². The van der Waals surface area contributed by atoms with Gasteiger partial charge in [0, 0.05) is 19.8 Å². The van der Waals surface area contributed by atoms with Crippen LogP contribution in [0, 0.1) is 0 Å². The highest BCUT2D eigenvalue weighted by molar-refractivity contribution is 6.66. The molecule has 0 aromatic rings. The van der Waals surface area contributed by atoms with Crippen molar-refractivity contribution in [1.82, 2.24) is 0 Å². The summed E-state index contributed by atoms with van der Waals surface area (Å²) in [5, 5.41) is 0. The second-order valence-electron chi connectivity index (χ2n) is 7.70. The number of hydrogen-bond acceptors (Lipinski definition) is 3. The summed E-state index contributed by atoms with van der Waals surface area (Å²) in [6.07, 6.45) is 25.9. The van der Waals surface area contributed by atoms with Crippen LogP contribution in [0.5, 0.6) is 0 Å². The van der Waals surface area contributed by atoms with Crippen molar-refractivity contribution in [1.29, 1.82) is 0 Å². The summed E-state index contributed by atoms with van der Waals surface area (Å²) < 4.78 is 19.1. The molecule has 0 heterocycles. The second-order valence-corrected chi connectivity index (χ2v) is 10.1. The van der Waals surface area contributed by atoms with E-state index in [9.17, 15) is 0 Å². The zero-order valence-corrected chi connectivity index (χ0v) is 21.1. The fourth-order valence-corrected chi connectivity index (χ4v) is 5.12. The van der Waals surface area contributed by atoms with E-state index in [1.54, 1.807) is 6.08 Å². The van der Waals surface area contributed by atoms with Crippen LogP contribution in [0.15, 0.2) is 48.7 Å². The van der Waals surface area contributed by atoms with E-state index in [0.29, 0.717) is 19.8 Å². The Morgan fingerprint density at radius 2 is 0.933 bits per heavy atom. The van der Waals surface area contributed by atoms with E-state index in [-0.39, 0.29) is 0 Å². The summed E-state index contributed by atoms with van der Waals surface area (Å²) in [5.74, 6) is 0. The molecule has 0 aliphatic carbocycles. The van der Waals surface area contributed by atoms with Crippen molar-refractivity contribution in [3.05, 3.63) is 48.7 Å². The van der Waals surface area contributed by atoms with Crippen molar-refractivity contribution in [2.45, 2.75) is 97.8 Å². The van der Waals surface area contributed by atoms with Crippen LogP contribution in [-0.2, 0) is 13.3 Å². The van der Waals surface area contributed by atoms with Crippen LogP contribution in [-0.4, -0.2) is 28.6 Å². The van der Waals surface area contributed by atoms with E-state index >= 15 is 0 Å². The fraction of sp³-hybridized carbons (Fsp3) is 0.692. The Morgan fingerprint density at radius 1 is 0.533 bits per heavy atom. The quantitative estimate of drug-likeness (QED) is 0.0974. The lowest BCUT2D eigenvalue weighted by Crippen LogP contribution is -2.45. The molecule has 174 valence electrons. The molecule has 0 bridgehead atoms. The first-order valence-corrected chi connectivity index (χ1v) is 14.1. The highest BCUT2D eigenvalue weighted by Gasteiger charge is 2.38. The highest BCUT2D eigenvalue weighted by atomic mass is 28.4. The molecule has 0 radical (unpaired) electrons. The molecule has 0 N–H and O–H groups in total. The topological polar surface area (TPSA) is 27.7 Å². The van der Waals surface area contributed by atoms with Crippen LogP contribution in [0.3, 0.4) is 0 Å². The van der Waals surface area contributed by atoms with Gasteiger partial charge in [-0.05, 0) is 25.0 Å². The summed E-state index contributed by atoms with van der Waals surface area (Å²) in [6.45, 7) is 12.5. The first-order chi connectivity index (χ1) is 14.7. The maximum absolute atomic E-state index is 6.36. The SMILES string of the molecule is C=CC=CC=CC=C[Si](OCCCCCC)(OCCCCCC)OCCCCCC. The van der Waals surface area contributed by atoms with Gasteiger partial charge in [-0.3, -0.25) is 0 Å². The first kappa shape index (κ1) is 29.1. The van der Waals surface area contributed by atoms with Gasteiger partial charge in [-0.1, -0.05) is 122 Å². The van der Waals surface area contributed by atoms with E-state index in [1.807, 2.05) is 30.4 Å². The Hall–Kier alpha value is -0.943. The Labute approximate surface area is 188 Å². The monoisotopic (exact) mass is 436 g/mol. The van der Waals surface area contributed by atoms with Crippen LogP contribution < -0.4 is 0 Å². The van der Waals surface area contributed by atoms with E-state index in [0.717, 1.165) is 19.3 Å². The van der Waals surface area contributed by atoms with Crippen LogP contribution in [0.2, 0.25) is 0 Å². The maximum atomic E-state index is 6.36. The lowest BCUT2D eigenvalue weighted by molar-refractivity contribution is 0.0673. The van der Waals surface area contributed by atoms with Gasteiger partial charge in [0.25, 0.3) is 0 Å². The molecule has 3 nitrogen and oxygen atoms in total. The second kappa shape index (κ2) is 22.7. The molecule has 0 aromatic carbocycles. The zero-order valence-electron chi connectivity index (χ0n) is 20.1. The molecule has 0 saturated carbocycles. The van der Waals surface area contributed by atoms with Gasteiger partial charge in [0.15, 0.2) is 0 Å². The normalized spacial score (nSPS) is 12.6. The number of unbranched alkanes of at least 4 members (excludes halogenated alkanes) is 9. The first-order valence-electron chi connectivity index (χ1n) is 12.3. The van der Waals surface area contributed by atoms with Gasteiger partial charge in [0.2, 0.25) is 0 Å². The van der Waals surface area contributed by atoms with Crippen LogP contribution in [0.25, 0.3) is 0 Å². The summed E-state index contributed by atoms with van der Waals surface area (Å²) in [7, 11) is -2.82.